The van der Waals surface area contributed by atoms with Crippen molar-refractivity contribution in [3.63, 3.8) is 0 Å². The molecule has 0 spiro atoms. The third kappa shape index (κ3) is 4.16. The maximum Gasteiger partial charge on any atom is 0.124 e. The van der Waals surface area contributed by atoms with E-state index in [0.717, 1.165) is 18.5 Å². The van der Waals surface area contributed by atoms with Crippen molar-refractivity contribution in [2.75, 3.05) is 13.1 Å². The van der Waals surface area contributed by atoms with Crippen LogP contribution in [0.15, 0.2) is 18.2 Å². The van der Waals surface area contributed by atoms with Gasteiger partial charge in [0.1, 0.15) is 5.82 Å². The number of halogens is 2. The van der Waals surface area contributed by atoms with E-state index in [1.165, 1.54) is 12.1 Å². The summed E-state index contributed by atoms with van der Waals surface area (Å²) in [6, 6.07) is 4.48. The summed E-state index contributed by atoms with van der Waals surface area (Å²) in [5, 5.41) is 3.80. The van der Waals surface area contributed by atoms with Crippen LogP contribution in [-0.2, 0) is 4.74 Å². The fraction of sp³-hybridized carbons (Fsp3) is 0.600. The van der Waals surface area contributed by atoms with E-state index in [9.17, 15) is 4.39 Å². The molecular formula is C15H21ClFNO. The average molecular weight is 286 g/mol. The fourth-order valence-electron chi connectivity index (χ4n) is 2.45. The van der Waals surface area contributed by atoms with Crippen molar-refractivity contribution in [3.05, 3.63) is 34.6 Å². The van der Waals surface area contributed by atoms with Crippen molar-refractivity contribution in [1.82, 2.24) is 5.32 Å². The zero-order valence-corrected chi connectivity index (χ0v) is 12.4. The minimum atomic E-state index is -0.316. The van der Waals surface area contributed by atoms with Crippen LogP contribution in [0.4, 0.5) is 4.39 Å². The van der Waals surface area contributed by atoms with Gasteiger partial charge in [-0.25, -0.2) is 4.39 Å². The number of ether oxygens (including phenoxy) is 1. The van der Waals surface area contributed by atoms with Gasteiger partial charge >= 0.3 is 0 Å². The predicted molar refractivity (Wildman–Crippen MR) is 76.0 cm³/mol. The fourth-order valence-corrected chi connectivity index (χ4v) is 2.74. The molecule has 1 heterocycles. The molecule has 2 rings (SSSR count). The van der Waals surface area contributed by atoms with Crippen LogP contribution in [0.1, 0.15) is 38.9 Å². The lowest BCUT2D eigenvalue weighted by molar-refractivity contribution is -0.0552. The van der Waals surface area contributed by atoms with E-state index in [1.54, 1.807) is 6.07 Å². The van der Waals surface area contributed by atoms with Crippen LogP contribution < -0.4 is 5.32 Å². The minimum Gasteiger partial charge on any atom is -0.368 e. The van der Waals surface area contributed by atoms with Gasteiger partial charge in [0.15, 0.2) is 0 Å². The molecule has 0 aromatic heterocycles. The summed E-state index contributed by atoms with van der Waals surface area (Å²) in [4.78, 5) is 0. The quantitative estimate of drug-likeness (QED) is 0.888. The van der Waals surface area contributed by atoms with Crippen LogP contribution >= 0.6 is 11.6 Å². The molecular weight excluding hydrogens is 265 g/mol. The van der Waals surface area contributed by atoms with E-state index in [2.05, 4.69) is 26.1 Å². The van der Waals surface area contributed by atoms with Crippen molar-refractivity contribution >= 4 is 11.6 Å². The van der Waals surface area contributed by atoms with Crippen molar-refractivity contribution < 1.29 is 9.13 Å². The Morgan fingerprint density at radius 2 is 2.11 bits per heavy atom. The first-order chi connectivity index (χ1) is 8.85. The second-order valence-electron chi connectivity index (χ2n) is 6.34. The normalized spacial score (nSPS) is 24.5. The Labute approximate surface area is 119 Å². The molecule has 2 atom stereocenters. The Morgan fingerprint density at radius 3 is 2.74 bits per heavy atom. The van der Waals surface area contributed by atoms with Crippen molar-refractivity contribution in [3.8, 4) is 0 Å². The second-order valence-corrected chi connectivity index (χ2v) is 6.74. The highest BCUT2D eigenvalue weighted by molar-refractivity contribution is 6.31. The summed E-state index contributed by atoms with van der Waals surface area (Å²) in [6.07, 6.45) is 1.05. The number of hydrogen-bond donors (Lipinski definition) is 1. The van der Waals surface area contributed by atoms with Crippen LogP contribution in [0.25, 0.3) is 0 Å². The van der Waals surface area contributed by atoms with Crippen LogP contribution in [0, 0.1) is 11.2 Å². The Kier molecular flexibility index (Phi) is 4.49. The van der Waals surface area contributed by atoms with Crippen molar-refractivity contribution in [2.45, 2.75) is 39.4 Å². The highest BCUT2D eigenvalue weighted by Crippen LogP contribution is 2.31. The van der Waals surface area contributed by atoms with Gasteiger partial charge in [-0.1, -0.05) is 38.4 Å². The third-order valence-corrected chi connectivity index (χ3v) is 3.54. The monoisotopic (exact) mass is 285 g/mol. The topological polar surface area (TPSA) is 21.3 Å². The van der Waals surface area contributed by atoms with E-state index in [0.29, 0.717) is 11.6 Å². The molecule has 1 aromatic rings. The first-order valence-corrected chi connectivity index (χ1v) is 7.04. The van der Waals surface area contributed by atoms with Gasteiger partial charge in [-0.2, -0.15) is 0 Å². The van der Waals surface area contributed by atoms with E-state index in [4.69, 9.17) is 16.3 Å². The Bertz CT molecular complexity index is 444. The molecule has 1 aromatic carbocycles. The lowest BCUT2D eigenvalue weighted by atomic mass is 9.88. The highest BCUT2D eigenvalue weighted by Gasteiger charge is 2.28. The van der Waals surface area contributed by atoms with Gasteiger partial charge in [-0.15, -0.1) is 0 Å². The molecule has 1 aliphatic heterocycles. The third-order valence-electron chi connectivity index (χ3n) is 3.21. The summed E-state index contributed by atoms with van der Waals surface area (Å²) in [7, 11) is 0. The van der Waals surface area contributed by atoms with Gasteiger partial charge in [0.05, 0.1) is 12.2 Å². The van der Waals surface area contributed by atoms with Crippen molar-refractivity contribution in [1.29, 1.82) is 0 Å². The molecule has 1 aliphatic rings. The van der Waals surface area contributed by atoms with Gasteiger partial charge in [-0.3, -0.25) is 0 Å². The average Bonchev–Trinajstić information content (AvgIpc) is 2.26. The summed E-state index contributed by atoms with van der Waals surface area (Å²) in [5.74, 6) is -0.316. The summed E-state index contributed by atoms with van der Waals surface area (Å²) in [6.45, 7) is 8.17. The SMILES string of the molecule is CC(C)(C)CC1CNCC(c2ccc(F)cc2Cl)O1. The first-order valence-electron chi connectivity index (χ1n) is 6.66. The molecule has 2 unspecified atom stereocenters. The van der Waals surface area contributed by atoms with Crippen LogP contribution in [0.2, 0.25) is 5.02 Å². The number of rotatable bonds is 2. The highest BCUT2D eigenvalue weighted by atomic mass is 35.5. The van der Waals surface area contributed by atoms with Gasteiger partial charge in [0, 0.05) is 23.7 Å². The Hall–Kier alpha value is -0.640. The molecule has 0 aliphatic carbocycles. The van der Waals surface area contributed by atoms with Gasteiger partial charge in [-0.05, 0) is 24.0 Å². The maximum absolute atomic E-state index is 13.1. The summed E-state index contributed by atoms with van der Waals surface area (Å²) < 4.78 is 19.2. The summed E-state index contributed by atoms with van der Waals surface area (Å²) in [5.41, 5.74) is 1.08. The Balaban J connectivity index is 2.08. The van der Waals surface area contributed by atoms with E-state index in [1.807, 2.05) is 0 Å². The zero-order chi connectivity index (χ0) is 14.0. The van der Waals surface area contributed by atoms with Gasteiger partial charge < -0.3 is 10.1 Å². The molecule has 0 amide bonds. The largest absolute Gasteiger partial charge is 0.368 e. The van der Waals surface area contributed by atoms with Gasteiger partial charge in [0.2, 0.25) is 0 Å². The lowest BCUT2D eigenvalue weighted by Gasteiger charge is -2.35. The minimum absolute atomic E-state index is 0.103. The molecule has 106 valence electrons. The van der Waals surface area contributed by atoms with Crippen LogP contribution in [-0.4, -0.2) is 19.2 Å². The van der Waals surface area contributed by atoms with E-state index >= 15 is 0 Å². The standard InChI is InChI=1S/C15H21ClFNO/c1-15(2,3)7-11-8-18-9-14(19-11)12-5-4-10(17)6-13(12)16/h4-6,11,14,18H,7-9H2,1-3H3. The molecule has 4 heteroatoms. The smallest absolute Gasteiger partial charge is 0.124 e. The second kappa shape index (κ2) is 5.78. The zero-order valence-electron chi connectivity index (χ0n) is 11.7. The summed E-state index contributed by atoms with van der Waals surface area (Å²) >= 11 is 6.10. The first kappa shape index (κ1) is 14.8. The molecule has 1 saturated heterocycles. The van der Waals surface area contributed by atoms with Gasteiger partial charge in [0.25, 0.3) is 0 Å². The van der Waals surface area contributed by atoms with Crippen LogP contribution in [0.3, 0.4) is 0 Å². The predicted octanol–water partition coefficient (Wildman–Crippen LogP) is 3.94. The number of nitrogens with one attached hydrogen (secondary N) is 1. The van der Waals surface area contributed by atoms with Crippen LogP contribution in [0.5, 0.6) is 0 Å². The molecule has 1 fully saturated rings. The number of benzene rings is 1. The number of morpholine rings is 1. The number of hydrogen-bond acceptors (Lipinski definition) is 2. The molecule has 0 saturated carbocycles. The molecule has 19 heavy (non-hydrogen) atoms. The van der Waals surface area contributed by atoms with E-state index in [-0.39, 0.29) is 23.4 Å². The molecule has 0 bridgehead atoms. The molecule has 1 N–H and O–H groups in total. The van der Waals surface area contributed by atoms with Crippen molar-refractivity contribution in [2.24, 2.45) is 5.41 Å². The molecule has 2 nitrogen and oxygen atoms in total. The maximum atomic E-state index is 13.1. The molecule has 0 radical (unpaired) electrons. The van der Waals surface area contributed by atoms with E-state index < -0.39 is 0 Å². The Morgan fingerprint density at radius 1 is 1.37 bits per heavy atom. The lowest BCUT2D eigenvalue weighted by Crippen LogP contribution is -2.42.